The second-order valence-corrected chi connectivity index (χ2v) is 4.41. The number of hydrogen-bond acceptors (Lipinski definition) is 5. The Labute approximate surface area is 123 Å². The predicted molar refractivity (Wildman–Crippen MR) is 79.1 cm³/mol. The van der Waals surface area contributed by atoms with E-state index in [4.69, 9.17) is 4.74 Å². The number of methoxy groups -OCH3 is 1. The molecule has 21 heavy (non-hydrogen) atoms. The Hall–Kier alpha value is -2.57. The van der Waals surface area contributed by atoms with Crippen LogP contribution >= 0.6 is 0 Å². The third kappa shape index (κ3) is 4.48. The SMILES string of the molecule is CCNC(=O)Cc1n[nH]c(CNc2ccc(OC)cc2)n1. The summed E-state index contributed by atoms with van der Waals surface area (Å²) in [5, 5.41) is 12.8. The van der Waals surface area contributed by atoms with Gasteiger partial charge in [0.2, 0.25) is 5.91 Å². The van der Waals surface area contributed by atoms with E-state index in [0.717, 1.165) is 11.4 Å². The van der Waals surface area contributed by atoms with Crippen molar-refractivity contribution >= 4 is 11.6 Å². The molecular formula is C14H19N5O2. The zero-order valence-corrected chi connectivity index (χ0v) is 12.1. The van der Waals surface area contributed by atoms with Crippen molar-refractivity contribution < 1.29 is 9.53 Å². The molecule has 0 saturated carbocycles. The van der Waals surface area contributed by atoms with Gasteiger partial charge in [0.15, 0.2) is 5.82 Å². The number of nitrogens with zero attached hydrogens (tertiary/aromatic N) is 2. The smallest absolute Gasteiger partial charge is 0.227 e. The minimum absolute atomic E-state index is 0.0776. The predicted octanol–water partition coefficient (Wildman–Crippen LogP) is 1.10. The second-order valence-electron chi connectivity index (χ2n) is 4.41. The summed E-state index contributed by atoms with van der Waals surface area (Å²) in [4.78, 5) is 15.7. The monoisotopic (exact) mass is 289 g/mol. The molecule has 1 aromatic carbocycles. The van der Waals surface area contributed by atoms with Crippen molar-refractivity contribution in [2.24, 2.45) is 0 Å². The van der Waals surface area contributed by atoms with Crippen LogP contribution in [0.1, 0.15) is 18.6 Å². The van der Waals surface area contributed by atoms with Gasteiger partial charge in [0.05, 0.1) is 20.1 Å². The Morgan fingerprint density at radius 1 is 1.33 bits per heavy atom. The number of carbonyl (C=O) groups excluding carboxylic acids is 1. The fraction of sp³-hybridized carbons (Fsp3) is 0.357. The lowest BCUT2D eigenvalue weighted by Crippen LogP contribution is -2.24. The van der Waals surface area contributed by atoms with Gasteiger partial charge in [-0.25, -0.2) is 4.98 Å². The van der Waals surface area contributed by atoms with E-state index in [2.05, 4.69) is 25.8 Å². The molecule has 0 atom stereocenters. The summed E-state index contributed by atoms with van der Waals surface area (Å²) in [5.41, 5.74) is 0.956. The largest absolute Gasteiger partial charge is 0.497 e. The average molecular weight is 289 g/mol. The number of rotatable bonds is 7. The molecule has 0 unspecified atom stereocenters. The van der Waals surface area contributed by atoms with Crippen molar-refractivity contribution in [3.05, 3.63) is 35.9 Å². The number of nitrogens with one attached hydrogen (secondary N) is 3. The van der Waals surface area contributed by atoms with Crippen LogP contribution in [0.3, 0.4) is 0 Å². The van der Waals surface area contributed by atoms with E-state index in [1.807, 2.05) is 31.2 Å². The highest BCUT2D eigenvalue weighted by Gasteiger charge is 2.08. The summed E-state index contributed by atoms with van der Waals surface area (Å²) in [6.07, 6.45) is 0.187. The van der Waals surface area contributed by atoms with Crippen LogP contribution in [0.4, 0.5) is 5.69 Å². The lowest BCUT2D eigenvalue weighted by atomic mass is 10.3. The number of ether oxygens (including phenoxy) is 1. The highest BCUT2D eigenvalue weighted by atomic mass is 16.5. The van der Waals surface area contributed by atoms with Gasteiger partial charge in [0, 0.05) is 12.2 Å². The quantitative estimate of drug-likeness (QED) is 0.710. The molecule has 0 aliphatic carbocycles. The molecule has 3 N–H and O–H groups in total. The third-order valence-corrected chi connectivity index (χ3v) is 2.82. The average Bonchev–Trinajstić information content (AvgIpc) is 2.93. The van der Waals surface area contributed by atoms with Crippen LogP contribution < -0.4 is 15.4 Å². The van der Waals surface area contributed by atoms with Gasteiger partial charge in [-0.3, -0.25) is 9.89 Å². The molecule has 1 amide bonds. The van der Waals surface area contributed by atoms with Crippen LogP contribution in [0.15, 0.2) is 24.3 Å². The van der Waals surface area contributed by atoms with Crippen molar-refractivity contribution in [1.82, 2.24) is 20.5 Å². The molecule has 0 spiro atoms. The maximum atomic E-state index is 11.4. The van der Waals surface area contributed by atoms with Crippen LogP contribution in [-0.2, 0) is 17.8 Å². The maximum absolute atomic E-state index is 11.4. The van der Waals surface area contributed by atoms with Crippen molar-refractivity contribution in [3.8, 4) is 5.75 Å². The molecule has 0 bridgehead atoms. The number of carbonyl (C=O) groups is 1. The Kier molecular flexibility index (Phi) is 5.14. The molecule has 0 fully saturated rings. The number of likely N-dealkylation sites (N-methyl/N-ethyl adjacent to an activating group) is 1. The first-order valence-corrected chi connectivity index (χ1v) is 6.76. The number of H-pyrrole nitrogens is 1. The number of benzene rings is 1. The highest BCUT2D eigenvalue weighted by molar-refractivity contribution is 5.77. The van der Waals surface area contributed by atoms with E-state index >= 15 is 0 Å². The van der Waals surface area contributed by atoms with Crippen LogP contribution in [-0.4, -0.2) is 34.7 Å². The first kappa shape index (κ1) is 14.8. The van der Waals surface area contributed by atoms with Gasteiger partial charge in [-0.2, -0.15) is 5.10 Å². The van der Waals surface area contributed by atoms with Gasteiger partial charge in [-0.15, -0.1) is 0 Å². The first-order valence-electron chi connectivity index (χ1n) is 6.76. The normalized spacial score (nSPS) is 10.2. The van der Waals surface area contributed by atoms with Crippen molar-refractivity contribution in [3.63, 3.8) is 0 Å². The topological polar surface area (TPSA) is 91.9 Å². The van der Waals surface area contributed by atoms with E-state index in [1.165, 1.54) is 0 Å². The molecule has 1 heterocycles. The van der Waals surface area contributed by atoms with Gasteiger partial charge >= 0.3 is 0 Å². The Morgan fingerprint density at radius 3 is 2.76 bits per heavy atom. The zero-order chi connectivity index (χ0) is 15.1. The molecule has 112 valence electrons. The molecule has 0 aliphatic heterocycles. The summed E-state index contributed by atoms with van der Waals surface area (Å²) in [5.74, 6) is 1.91. The lowest BCUT2D eigenvalue weighted by Gasteiger charge is -2.05. The van der Waals surface area contributed by atoms with Crippen LogP contribution in [0.5, 0.6) is 5.75 Å². The fourth-order valence-corrected chi connectivity index (χ4v) is 1.79. The zero-order valence-electron chi connectivity index (χ0n) is 12.1. The van der Waals surface area contributed by atoms with Gasteiger partial charge in [0.25, 0.3) is 0 Å². The molecule has 0 radical (unpaired) electrons. The molecule has 2 aromatic rings. The second kappa shape index (κ2) is 7.28. The number of aromatic amines is 1. The number of amides is 1. The van der Waals surface area contributed by atoms with Gasteiger partial charge < -0.3 is 15.4 Å². The van der Waals surface area contributed by atoms with Crippen molar-refractivity contribution in [1.29, 1.82) is 0 Å². The van der Waals surface area contributed by atoms with Gasteiger partial charge in [-0.05, 0) is 31.2 Å². The van der Waals surface area contributed by atoms with Crippen molar-refractivity contribution in [2.75, 3.05) is 19.0 Å². The molecule has 0 saturated heterocycles. The van der Waals surface area contributed by atoms with E-state index in [1.54, 1.807) is 7.11 Å². The van der Waals surface area contributed by atoms with Crippen LogP contribution in [0, 0.1) is 0 Å². The summed E-state index contributed by atoms with van der Waals surface area (Å²) in [6, 6.07) is 7.60. The Bertz CT molecular complexity index is 579. The highest BCUT2D eigenvalue weighted by Crippen LogP contribution is 2.15. The number of aromatic nitrogens is 3. The summed E-state index contributed by atoms with van der Waals surface area (Å²) in [7, 11) is 1.63. The number of anilines is 1. The standard InChI is InChI=1S/C14H19N5O2/c1-3-15-14(20)8-12-17-13(19-18-12)9-16-10-4-6-11(21-2)7-5-10/h4-7,16H,3,8-9H2,1-2H3,(H,15,20)(H,17,18,19). The molecule has 7 heteroatoms. The minimum Gasteiger partial charge on any atom is -0.497 e. The molecule has 7 nitrogen and oxygen atoms in total. The van der Waals surface area contributed by atoms with Crippen LogP contribution in [0.2, 0.25) is 0 Å². The molecular weight excluding hydrogens is 270 g/mol. The molecule has 1 aromatic heterocycles. The van der Waals surface area contributed by atoms with Gasteiger partial charge in [-0.1, -0.05) is 0 Å². The van der Waals surface area contributed by atoms with Crippen molar-refractivity contribution in [2.45, 2.75) is 19.9 Å². The van der Waals surface area contributed by atoms with E-state index < -0.39 is 0 Å². The Morgan fingerprint density at radius 2 is 2.10 bits per heavy atom. The summed E-state index contributed by atoms with van der Waals surface area (Å²) < 4.78 is 5.10. The van der Waals surface area contributed by atoms with Crippen LogP contribution in [0.25, 0.3) is 0 Å². The lowest BCUT2D eigenvalue weighted by molar-refractivity contribution is -0.120. The summed E-state index contributed by atoms with van der Waals surface area (Å²) >= 11 is 0. The van der Waals surface area contributed by atoms with Gasteiger partial charge in [0.1, 0.15) is 11.6 Å². The number of hydrogen-bond donors (Lipinski definition) is 3. The fourth-order valence-electron chi connectivity index (χ4n) is 1.79. The minimum atomic E-state index is -0.0776. The molecule has 2 rings (SSSR count). The van der Waals surface area contributed by atoms with E-state index in [9.17, 15) is 4.79 Å². The van der Waals surface area contributed by atoms with E-state index in [0.29, 0.717) is 24.7 Å². The Balaban J connectivity index is 1.85. The first-order chi connectivity index (χ1) is 10.2. The third-order valence-electron chi connectivity index (χ3n) is 2.82. The maximum Gasteiger partial charge on any atom is 0.227 e. The van der Waals surface area contributed by atoms with E-state index in [-0.39, 0.29) is 12.3 Å². The molecule has 0 aliphatic rings. The summed E-state index contributed by atoms with van der Waals surface area (Å²) in [6.45, 7) is 2.99.